The standard InChI is InChI=1S/C13H9Cl2N5/c14-9-3-1-2-7(10(9)15)8-4-6-5-18-13(17)20-12(6)19-11(8)16/h1-5H,(H4,16,17,18,19,20). The van der Waals surface area contributed by atoms with Crippen LogP contribution < -0.4 is 11.5 Å². The quantitative estimate of drug-likeness (QED) is 0.720. The van der Waals surface area contributed by atoms with Gasteiger partial charge in [0, 0.05) is 22.7 Å². The van der Waals surface area contributed by atoms with Crippen molar-refractivity contribution in [1.82, 2.24) is 15.0 Å². The number of hydrogen-bond acceptors (Lipinski definition) is 5. The Morgan fingerprint density at radius 2 is 1.80 bits per heavy atom. The molecule has 0 aliphatic heterocycles. The molecule has 100 valence electrons. The Labute approximate surface area is 124 Å². The van der Waals surface area contributed by atoms with Crippen molar-refractivity contribution in [1.29, 1.82) is 0 Å². The van der Waals surface area contributed by atoms with Crippen LogP contribution in [0.15, 0.2) is 30.5 Å². The van der Waals surface area contributed by atoms with E-state index in [1.54, 1.807) is 18.3 Å². The molecular weight excluding hydrogens is 297 g/mol. The number of nitrogens with two attached hydrogens (primary N) is 2. The first-order valence-electron chi connectivity index (χ1n) is 5.69. The van der Waals surface area contributed by atoms with Crippen LogP contribution >= 0.6 is 23.2 Å². The van der Waals surface area contributed by atoms with E-state index in [9.17, 15) is 0 Å². The molecule has 0 bridgehead atoms. The van der Waals surface area contributed by atoms with Gasteiger partial charge in [0.15, 0.2) is 5.65 Å². The molecule has 3 aromatic rings. The van der Waals surface area contributed by atoms with Gasteiger partial charge in [-0.15, -0.1) is 0 Å². The highest BCUT2D eigenvalue weighted by atomic mass is 35.5. The van der Waals surface area contributed by atoms with E-state index in [1.165, 1.54) is 0 Å². The zero-order valence-electron chi connectivity index (χ0n) is 10.1. The van der Waals surface area contributed by atoms with Crippen LogP contribution in [-0.4, -0.2) is 15.0 Å². The summed E-state index contributed by atoms with van der Waals surface area (Å²) in [5, 5.41) is 1.61. The van der Waals surface area contributed by atoms with Gasteiger partial charge in [0.2, 0.25) is 5.95 Å². The average molecular weight is 306 g/mol. The fraction of sp³-hybridized carbons (Fsp3) is 0. The highest BCUT2D eigenvalue weighted by molar-refractivity contribution is 6.43. The molecule has 5 nitrogen and oxygen atoms in total. The first kappa shape index (κ1) is 12.9. The molecule has 2 aromatic heterocycles. The summed E-state index contributed by atoms with van der Waals surface area (Å²) in [6.45, 7) is 0. The maximum Gasteiger partial charge on any atom is 0.222 e. The van der Waals surface area contributed by atoms with Crippen molar-refractivity contribution >= 4 is 46.0 Å². The van der Waals surface area contributed by atoms with Crippen LogP contribution in [0.3, 0.4) is 0 Å². The molecule has 3 rings (SSSR count). The smallest absolute Gasteiger partial charge is 0.222 e. The molecule has 7 heteroatoms. The summed E-state index contributed by atoms with van der Waals surface area (Å²) in [5.74, 6) is 0.456. The molecule has 20 heavy (non-hydrogen) atoms. The van der Waals surface area contributed by atoms with Crippen LogP contribution in [0.4, 0.5) is 11.8 Å². The number of rotatable bonds is 1. The van der Waals surface area contributed by atoms with Gasteiger partial charge in [0.05, 0.1) is 10.0 Å². The number of aromatic nitrogens is 3. The zero-order chi connectivity index (χ0) is 14.3. The lowest BCUT2D eigenvalue weighted by Gasteiger charge is -2.09. The number of benzene rings is 1. The number of nitrogen functional groups attached to an aromatic ring is 2. The van der Waals surface area contributed by atoms with Crippen LogP contribution in [0.2, 0.25) is 10.0 Å². The fourth-order valence-corrected chi connectivity index (χ4v) is 2.32. The van der Waals surface area contributed by atoms with Crippen LogP contribution in [0.25, 0.3) is 22.2 Å². The summed E-state index contributed by atoms with van der Waals surface area (Å²) in [6.07, 6.45) is 1.59. The van der Waals surface area contributed by atoms with Crippen molar-refractivity contribution in [3.05, 3.63) is 40.5 Å². The van der Waals surface area contributed by atoms with Crippen molar-refractivity contribution in [2.75, 3.05) is 11.5 Å². The van der Waals surface area contributed by atoms with Crippen molar-refractivity contribution in [2.24, 2.45) is 0 Å². The molecule has 0 amide bonds. The minimum atomic E-state index is 0.151. The third-order valence-corrected chi connectivity index (χ3v) is 3.68. The second-order valence-electron chi connectivity index (χ2n) is 4.16. The molecule has 0 radical (unpaired) electrons. The van der Waals surface area contributed by atoms with Gasteiger partial charge < -0.3 is 11.5 Å². The van der Waals surface area contributed by atoms with Crippen molar-refractivity contribution in [2.45, 2.75) is 0 Å². The van der Waals surface area contributed by atoms with Gasteiger partial charge in [-0.05, 0) is 12.1 Å². The monoisotopic (exact) mass is 305 g/mol. The van der Waals surface area contributed by atoms with Gasteiger partial charge in [0.1, 0.15) is 5.82 Å². The molecule has 2 heterocycles. The van der Waals surface area contributed by atoms with Crippen molar-refractivity contribution in [3.8, 4) is 11.1 Å². The van der Waals surface area contributed by atoms with E-state index < -0.39 is 0 Å². The second kappa shape index (κ2) is 4.77. The third-order valence-electron chi connectivity index (χ3n) is 2.86. The Morgan fingerprint density at radius 3 is 2.60 bits per heavy atom. The van der Waals surface area contributed by atoms with E-state index in [-0.39, 0.29) is 5.95 Å². The number of nitrogens with zero attached hydrogens (tertiary/aromatic N) is 3. The highest BCUT2D eigenvalue weighted by Gasteiger charge is 2.12. The molecule has 0 unspecified atom stereocenters. The van der Waals surface area contributed by atoms with E-state index in [4.69, 9.17) is 34.7 Å². The number of hydrogen-bond donors (Lipinski definition) is 2. The summed E-state index contributed by atoms with van der Waals surface area (Å²) in [7, 11) is 0. The summed E-state index contributed by atoms with van der Waals surface area (Å²) in [5.41, 5.74) is 13.3. The highest BCUT2D eigenvalue weighted by Crippen LogP contribution is 2.36. The van der Waals surface area contributed by atoms with Crippen LogP contribution in [-0.2, 0) is 0 Å². The fourth-order valence-electron chi connectivity index (χ4n) is 1.92. The maximum atomic E-state index is 6.21. The molecule has 4 N–H and O–H groups in total. The van der Waals surface area contributed by atoms with Gasteiger partial charge >= 0.3 is 0 Å². The number of anilines is 2. The Morgan fingerprint density at radius 1 is 1.00 bits per heavy atom. The molecule has 0 saturated carbocycles. The molecule has 0 saturated heterocycles. The van der Waals surface area contributed by atoms with Gasteiger partial charge in [0.25, 0.3) is 0 Å². The lowest BCUT2D eigenvalue weighted by Crippen LogP contribution is -2.00. The largest absolute Gasteiger partial charge is 0.383 e. The van der Waals surface area contributed by atoms with Gasteiger partial charge in [-0.3, -0.25) is 0 Å². The lowest BCUT2D eigenvalue weighted by atomic mass is 10.1. The number of pyridine rings is 1. The van der Waals surface area contributed by atoms with E-state index in [0.29, 0.717) is 32.6 Å². The first-order valence-corrected chi connectivity index (χ1v) is 6.45. The second-order valence-corrected chi connectivity index (χ2v) is 4.95. The minimum absolute atomic E-state index is 0.151. The Balaban J connectivity index is 2.29. The number of fused-ring (bicyclic) bond motifs is 1. The molecule has 0 spiro atoms. The van der Waals surface area contributed by atoms with E-state index >= 15 is 0 Å². The average Bonchev–Trinajstić information content (AvgIpc) is 2.41. The van der Waals surface area contributed by atoms with E-state index in [1.807, 2.05) is 12.1 Å². The van der Waals surface area contributed by atoms with Gasteiger partial charge in [-0.2, -0.15) is 4.98 Å². The summed E-state index contributed by atoms with van der Waals surface area (Å²) < 4.78 is 0. The Bertz CT molecular complexity index is 819. The molecule has 0 fully saturated rings. The zero-order valence-corrected chi connectivity index (χ0v) is 11.7. The maximum absolute atomic E-state index is 6.21. The summed E-state index contributed by atoms with van der Waals surface area (Å²) >= 11 is 12.2. The third kappa shape index (κ3) is 2.11. The van der Waals surface area contributed by atoms with Gasteiger partial charge in [-0.25, -0.2) is 9.97 Å². The topological polar surface area (TPSA) is 90.7 Å². The molecular formula is C13H9Cl2N5. The lowest BCUT2D eigenvalue weighted by molar-refractivity contribution is 1.20. The number of halogens is 2. The van der Waals surface area contributed by atoms with E-state index in [0.717, 1.165) is 5.39 Å². The molecule has 0 atom stereocenters. The van der Waals surface area contributed by atoms with Gasteiger partial charge in [-0.1, -0.05) is 35.3 Å². The normalized spacial score (nSPS) is 10.9. The van der Waals surface area contributed by atoms with Crippen LogP contribution in [0, 0.1) is 0 Å². The van der Waals surface area contributed by atoms with Crippen molar-refractivity contribution in [3.63, 3.8) is 0 Å². The summed E-state index contributed by atoms with van der Waals surface area (Å²) in [4.78, 5) is 12.2. The SMILES string of the molecule is Nc1ncc2cc(-c3cccc(Cl)c3Cl)c(N)nc2n1. The predicted octanol–water partition coefficient (Wildman–Crippen LogP) is 3.16. The Hall–Kier alpha value is -2.11. The first-order chi connectivity index (χ1) is 9.56. The van der Waals surface area contributed by atoms with E-state index in [2.05, 4.69) is 15.0 Å². The summed E-state index contributed by atoms with van der Waals surface area (Å²) in [6, 6.07) is 7.15. The Kier molecular flexibility index (Phi) is 3.08. The van der Waals surface area contributed by atoms with Crippen LogP contribution in [0.1, 0.15) is 0 Å². The molecule has 0 aliphatic carbocycles. The minimum Gasteiger partial charge on any atom is -0.383 e. The van der Waals surface area contributed by atoms with Crippen LogP contribution in [0.5, 0.6) is 0 Å². The van der Waals surface area contributed by atoms with Crippen molar-refractivity contribution < 1.29 is 0 Å². The predicted molar refractivity (Wildman–Crippen MR) is 81.6 cm³/mol. The molecule has 1 aromatic carbocycles. The molecule has 0 aliphatic rings.